The van der Waals surface area contributed by atoms with Crippen molar-refractivity contribution in [2.24, 2.45) is 0 Å². The summed E-state index contributed by atoms with van der Waals surface area (Å²) in [6.45, 7) is 7.08. The molecule has 1 atom stereocenters. The molecule has 2 N–H and O–H groups in total. The maximum atomic E-state index is 12.5. The molecule has 2 aromatic carbocycles. The van der Waals surface area contributed by atoms with Crippen LogP contribution < -0.4 is 10.6 Å². The van der Waals surface area contributed by atoms with Gasteiger partial charge in [-0.15, -0.1) is 0 Å². The first kappa shape index (κ1) is 18.5. The van der Waals surface area contributed by atoms with E-state index in [-0.39, 0.29) is 12.1 Å². The van der Waals surface area contributed by atoms with Gasteiger partial charge in [0.15, 0.2) is 0 Å². The van der Waals surface area contributed by atoms with Gasteiger partial charge in [0.1, 0.15) is 0 Å². The molecule has 0 aliphatic carbocycles. The van der Waals surface area contributed by atoms with Crippen molar-refractivity contribution in [3.05, 3.63) is 65.7 Å². The highest BCUT2D eigenvalue weighted by molar-refractivity contribution is 5.90. The van der Waals surface area contributed by atoms with E-state index in [1.54, 1.807) is 0 Å². The quantitative estimate of drug-likeness (QED) is 0.787. The fourth-order valence-corrected chi connectivity index (χ4v) is 3.66. The van der Waals surface area contributed by atoms with Gasteiger partial charge in [0.05, 0.1) is 6.04 Å². The Hall–Kier alpha value is -2.33. The van der Waals surface area contributed by atoms with Gasteiger partial charge in [0.2, 0.25) is 0 Å². The number of carbonyl (C=O) groups excluding carboxylic acids is 1. The molecule has 1 aliphatic heterocycles. The molecule has 0 saturated carbocycles. The second-order valence-corrected chi connectivity index (χ2v) is 7.25. The maximum absolute atomic E-state index is 12.5. The van der Waals surface area contributed by atoms with Crippen LogP contribution in [0.2, 0.25) is 0 Å². The summed E-state index contributed by atoms with van der Waals surface area (Å²) in [4.78, 5) is 15.0. The number of carbonyl (C=O) groups is 1. The molecule has 1 aliphatic rings. The van der Waals surface area contributed by atoms with Crippen molar-refractivity contribution in [3.63, 3.8) is 0 Å². The van der Waals surface area contributed by atoms with Crippen molar-refractivity contribution in [3.8, 4) is 0 Å². The lowest BCUT2D eigenvalue weighted by molar-refractivity contribution is 0.227. The van der Waals surface area contributed by atoms with Gasteiger partial charge in [-0.05, 0) is 49.0 Å². The Bertz CT molecular complexity index is 708. The number of benzene rings is 2. The summed E-state index contributed by atoms with van der Waals surface area (Å²) < 4.78 is 0. The van der Waals surface area contributed by atoms with Crippen LogP contribution in [0, 0.1) is 0 Å². The predicted molar refractivity (Wildman–Crippen MR) is 108 cm³/mol. The standard InChI is InChI=1S/C22H29N3O/c1-17(2)19-12-6-7-13-20(19)24-22(26)23-16-21(25-14-8-9-15-25)18-10-4-3-5-11-18/h3-7,10-13,17,21H,8-9,14-16H2,1-2H3,(H2,23,24,26). The van der Waals surface area contributed by atoms with Crippen LogP contribution in [0.1, 0.15) is 49.8 Å². The van der Waals surface area contributed by atoms with E-state index < -0.39 is 0 Å². The first-order valence-electron chi connectivity index (χ1n) is 9.58. The Labute approximate surface area is 156 Å². The molecule has 4 heteroatoms. The monoisotopic (exact) mass is 351 g/mol. The first-order chi connectivity index (χ1) is 12.6. The predicted octanol–water partition coefficient (Wildman–Crippen LogP) is 4.77. The Morgan fingerprint density at radius 3 is 2.35 bits per heavy atom. The van der Waals surface area contributed by atoms with Gasteiger partial charge in [-0.1, -0.05) is 62.4 Å². The van der Waals surface area contributed by atoms with Crippen LogP contribution in [0.15, 0.2) is 54.6 Å². The van der Waals surface area contributed by atoms with Gasteiger partial charge in [0.25, 0.3) is 0 Å². The molecule has 3 rings (SSSR count). The van der Waals surface area contributed by atoms with Gasteiger partial charge in [-0.25, -0.2) is 4.79 Å². The summed E-state index contributed by atoms with van der Waals surface area (Å²) in [7, 11) is 0. The topological polar surface area (TPSA) is 44.4 Å². The normalized spacial score (nSPS) is 15.8. The molecule has 138 valence electrons. The van der Waals surface area contributed by atoms with Crippen LogP contribution in [0.4, 0.5) is 10.5 Å². The van der Waals surface area contributed by atoms with E-state index in [9.17, 15) is 4.79 Å². The third kappa shape index (κ3) is 4.64. The highest BCUT2D eigenvalue weighted by Crippen LogP contribution is 2.25. The molecular formula is C22H29N3O. The largest absolute Gasteiger partial charge is 0.336 e. The van der Waals surface area contributed by atoms with Gasteiger partial charge < -0.3 is 10.6 Å². The van der Waals surface area contributed by atoms with E-state index in [1.165, 1.54) is 18.4 Å². The number of para-hydroxylation sites is 1. The number of hydrogen-bond acceptors (Lipinski definition) is 2. The number of anilines is 1. The molecule has 1 unspecified atom stereocenters. The minimum absolute atomic E-state index is 0.141. The number of rotatable bonds is 6. The molecule has 0 aromatic heterocycles. The summed E-state index contributed by atoms with van der Waals surface area (Å²) in [5, 5.41) is 6.10. The smallest absolute Gasteiger partial charge is 0.319 e. The van der Waals surface area contributed by atoms with E-state index in [0.29, 0.717) is 12.5 Å². The van der Waals surface area contributed by atoms with Gasteiger partial charge in [0, 0.05) is 12.2 Å². The summed E-state index contributed by atoms with van der Waals surface area (Å²) in [5.74, 6) is 0.369. The third-order valence-corrected chi connectivity index (χ3v) is 5.05. The van der Waals surface area contributed by atoms with Gasteiger partial charge >= 0.3 is 6.03 Å². The molecule has 26 heavy (non-hydrogen) atoms. The van der Waals surface area contributed by atoms with Crippen LogP contribution in [0.25, 0.3) is 0 Å². The molecule has 2 aromatic rings. The fourth-order valence-electron chi connectivity index (χ4n) is 3.66. The Balaban J connectivity index is 1.65. The minimum Gasteiger partial charge on any atom is -0.336 e. The lowest BCUT2D eigenvalue weighted by Crippen LogP contribution is -2.38. The Morgan fingerprint density at radius 2 is 1.65 bits per heavy atom. The van der Waals surface area contributed by atoms with Crippen LogP contribution >= 0.6 is 0 Å². The molecule has 2 amide bonds. The van der Waals surface area contributed by atoms with E-state index in [0.717, 1.165) is 24.3 Å². The van der Waals surface area contributed by atoms with Crippen molar-refractivity contribution in [2.75, 3.05) is 25.0 Å². The molecule has 1 heterocycles. The van der Waals surface area contributed by atoms with Crippen molar-refractivity contribution in [1.29, 1.82) is 0 Å². The van der Waals surface area contributed by atoms with Crippen molar-refractivity contribution in [2.45, 2.75) is 38.6 Å². The average molecular weight is 351 g/mol. The van der Waals surface area contributed by atoms with E-state index in [2.05, 4.69) is 59.7 Å². The second-order valence-electron chi connectivity index (χ2n) is 7.25. The van der Waals surface area contributed by atoms with E-state index >= 15 is 0 Å². The molecule has 0 radical (unpaired) electrons. The molecular weight excluding hydrogens is 322 g/mol. The molecule has 0 spiro atoms. The van der Waals surface area contributed by atoms with Crippen molar-refractivity contribution in [1.82, 2.24) is 10.2 Å². The lowest BCUT2D eigenvalue weighted by Gasteiger charge is -2.28. The number of nitrogens with zero attached hydrogens (tertiary/aromatic N) is 1. The first-order valence-corrected chi connectivity index (χ1v) is 9.58. The fraction of sp³-hybridized carbons (Fsp3) is 0.409. The van der Waals surface area contributed by atoms with E-state index in [4.69, 9.17) is 0 Å². The number of nitrogens with one attached hydrogen (secondary N) is 2. The van der Waals surface area contributed by atoms with Crippen LogP contribution in [0.3, 0.4) is 0 Å². The second kappa shape index (κ2) is 8.86. The van der Waals surface area contributed by atoms with Crippen LogP contribution in [0.5, 0.6) is 0 Å². The van der Waals surface area contributed by atoms with E-state index in [1.807, 2.05) is 24.3 Å². The third-order valence-electron chi connectivity index (χ3n) is 5.05. The molecule has 4 nitrogen and oxygen atoms in total. The van der Waals surface area contributed by atoms with Crippen molar-refractivity contribution >= 4 is 11.7 Å². The van der Waals surface area contributed by atoms with Crippen LogP contribution in [-0.2, 0) is 0 Å². The zero-order chi connectivity index (χ0) is 18.4. The molecule has 1 fully saturated rings. The SMILES string of the molecule is CC(C)c1ccccc1NC(=O)NCC(c1ccccc1)N1CCCC1. The van der Waals surface area contributed by atoms with Gasteiger partial charge in [-0.2, -0.15) is 0 Å². The lowest BCUT2D eigenvalue weighted by atomic mass is 10.0. The highest BCUT2D eigenvalue weighted by atomic mass is 16.2. The average Bonchev–Trinajstić information content (AvgIpc) is 3.17. The van der Waals surface area contributed by atoms with Crippen LogP contribution in [-0.4, -0.2) is 30.6 Å². The number of amides is 2. The molecule has 1 saturated heterocycles. The maximum Gasteiger partial charge on any atom is 0.319 e. The number of likely N-dealkylation sites (tertiary alicyclic amines) is 1. The highest BCUT2D eigenvalue weighted by Gasteiger charge is 2.23. The summed E-state index contributed by atoms with van der Waals surface area (Å²) in [5.41, 5.74) is 3.30. The zero-order valence-electron chi connectivity index (χ0n) is 15.7. The minimum atomic E-state index is -0.141. The zero-order valence-corrected chi connectivity index (χ0v) is 15.7. The number of hydrogen-bond donors (Lipinski definition) is 2. The summed E-state index contributed by atoms with van der Waals surface area (Å²) in [6.07, 6.45) is 2.47. The van der Waals surface area contributed by atoms with Gasteiger partial charge in [-0.3, -0.25) is 4.90 Å². The number of urea groups is 1. The summed E-state index contributed by atoms with van der Waals surface area (Å²) in [6, 6.07) is 18.6. The Kier molecular flexibility index (Phi) is 6.29. The van der Waals surface area contributed by atoms with Crippen molar-refractivity contribution < 1.29 is 4.79 Å². The Morgan fingerprint density at radius 1 is 1.00 bits per heavy atom. The summed E-state index contributed by atoms with van der Waals surface area (Å²) >= 11 is 0. The molecule has 0 bridgehead atoms.